The second-order valence-corrected chi connectivity index (χ2v) is 11.6. The predicted octanol–water partition coefficient (Wildman–Crippen LogP) is -2.40. The Bertz CT molecular complexity index is 1270. The largest absolute Gasteiger partial charge is 0.508 e. The molecule has 0 aliphatic carbocycles. The van der Waals surface area contributed by atoms with Gasteiger partial charge in [0.1, 0.15) is 29.9 Å². The zero-order valence-corrected chi connectivity index (χ0v) is 27.2. The molecule has 18 nitrogen and oxygen atoms in total. The lowest BCUT2D eigenvalue weighted by molar-refractivity contribution is -0.143. The molecule has 0 saturated heterocycles. The molecule has 0 spiro atoms. The summed E-state index contributed by atoms with van der Waals surface area (Å²) in [4.78, 5) is 80.0. The summed E-state index contributed by atoms with van der Waals surface area (Å²) in [6.07, 6.45) is 0.608. The van der Waals surface area contributed by atoms with Crippen LogP contribution in [-0.2, 0) is 35.2 Å². The maximum Gasteiger partial charge on any atom is 0.326 e. The van der Waals surface area contributed by atoms with Gasteiger partial charge in [0.15, 0.2) is 5.96 Å². The van der Waals surface area contributed by atoms with Gasteiger partial charge in [0.2, 0.25) is 23.6 Å². The molecule has 268 valence electrons. The summed E-state index contributed by atoms with van der Waals surface area (Å²) in [5.41, 5.74) is 22.6. The zero-order valence-electron chi connectivity index (χ0n) is 27.2. The van der Waals surface area contributed by atoms with Crippen molar-refractivity contribution in [3.05, 3.63) is 29.8 Å². The molecule has 0 heterocycles. The second kappa shape index (κ2) is 21.0. The summed E-state index contributed by atoms with van der Waals surface area (Å²) >= 11 is 0. The normalized spacial score (nSPS) is 14.0. The zero-order chi connectivity index (χ0) is 36.4. The third-order valence-corrected chi connectivity index (χ3v) is 7.13. The van der Waals surface area contributed by atoms with Crippen LogP contribution in [0.5, 0.6) is 5.75 Å². The average Bonchev–Trinajstić information content (AvgIpc) is 3.00. The molecular formula is C30H49N9O9. The molecule has 1 aromatic carbocycles. The number of carboxylic acids is 2. The Morgan fingerprint density at radius 1 is 0.771 bits per heavy atom. The van der Waals surface area contributed by atoms with Crippen molar-refractivity contribution in [1.29, 1.82) is 0 Å². The first-order valence-corrected chi connectivity index (χ1v) is 15.5. The highest BCUT2D eigenvalue weighted by Gasteiger charge is 2.34. The highest BCUT2D eigenvalue weighted by molar-refractivity contribution is 5.96. The summed E-state index contributed by atoms with van der Waals surface area (Å²) in [6.45, 7) is 3.71. The molecule has 0 fully saturated rings. The maximum atomic E-state index is 13.3. The van der Waals surface area contributed by atoms with Gasteiger partial charge < -0.3 is 59.5 Å². The number of phenols is 1. The van der Waals surface area contributed by atoms with E-state index < -0.39 is 78.1 Å². The summed E-state index contributed by atoms with van der Waals surface area (Å²) in [6, 6.07) is -0.880. The van der Waals surface area contributed by atoms with Crippen molar-refractivity contribution in [2.45, 2.75) is 89.0 Å². The van der Waals surface area contributed by atoms with Crippen molar-refractivity contribution < 1.29 is 44.1 Å². The molecule has 0 radical (unpaired) electrons. The molecule has 48 heavy (non-hydrogen) atoms. The smallest absolute Gasteiger partial charge is 0.326 e. The summed E-state index contributed by atoms with van der Waals surface area (Å²) in [5, 5.41) is 38.4. The van der Waals surface area contributed by atoms with E-state index in [2.05, 4.69) is 26.3 Å². The van der Waals surface area contributed by atoms with Crippen LogP contribution in [0.1, 0.15) is 57.9 Å². The number of unbranched alkanes of at least 4 members (excludes halogenated alkanes) is 1. The van der Waals surface area contributed by atoms with Crippen LogP contribution in [0.2, 0.25) is 0 Å². The molecule has 0 aliphatic heterocycles. The predicted molar refractivity (Wildman–Crippen MR) is 175 cm³/mol. The van der Waals surface area contributed by atoms with Crippen molar-refractivity contribution in [3.63, 3.8) is 0 Å². The van der Waals surface area contributed by atoms with Crippen molar-refractivity contribution in [2.75, 3.05) is 13.1 Å². The van der Waals surface area contributed by atoms with Gasteiger partial charge in [-0.25, -0.2) is 4.79 Å². The fraction of sp³-hybridized carbons (Fsp3) is 0.567. The van der Waals surface area contributed by atoms with Crippen LogP contribution in [0.3, 0.4) is 0 Å². The first-order chi connectivity index (χ1) is 22.5. The SMILES string of the molecule is CC(C)C(NC(=O)[C@H](CC(=O)O)NC(=O)[C@H](CCCCN)NC(=O)[C@@H](N)CCCN=C(N)N)C(=O)N[C@@H](Cc1ccc(O)cc1)C(=O)O. The number of carboxylic acid groups (broad SMARTS) is 2. The van der Waals surface area contributed by atoms with E-state index in [0.717, 1.165) is 0 Å². The number of nitrogens with zero attached hydrogens (tertiary/aromatic N) is 1. The van der Waals surface area contributed by atoms with Crippen LogP contribution in [0.15, 0.2) is 29.3 Å². The molecule has 1 unspecified atom stereocenters. The summed E-state index contributed by atoms with van der Waals surface area (Å²) < 4.78 is 0. The Kier molecular flexibility index (Phi) is 18.0. The van der Waals surface area contributed by atoms with E-state index >= 15 is 0 Å². The van der Waals surface area contributed by atoms with Gasteiger partial charge >= 0.3 is 11.9 Å². The number of amides is 4. The number of rotatable bonds is 22. The lowest BCUT2D eigenvalue weighted by atomic mass is 10.0. The number of benzene rings is 1. The molecule has 5 atom stereocenters. The van der Waals surface area contributed by atoms with Gasteiger partial charge in [-0.05, 0) is 62.3 Å². The summed E-state index contributed by atoms with van der Waals surface area (Å²) in [5.74, 6) is -6.91. The van der Waals surface area contributed by atoms with E-state index in [-0.39, 0.29) is 37.5 Å². The number of carbonyl (C=O) groups is 6. The average molecular weight is 680 g/mol. The number of nitrogens with two attached hydrogens (primary N) is 4. The first kappa shape index (κ1) is 41.1. The molecule has 0 aromatic heterocycles. The Balaban J connectivity index is 3.07. The molecule has 1 aromatic rings. The van der Waals surface area contributed by atoms with Crippen molar-refractivity contribution in [3.8, 4) is 5.75 Å². The minimum absolute atomic E-state index is 0.0240. The minimum atomic E-state index is -1.67. The van der Waals surface area contributed by atoms with Crippen molar-refractivity contribution in [2.24, 2.45) is 33.8 Å². The van der Waals surface area contributed by atoms with Gasteiger partial charge in [0, 0.05) is 13.0 Å². The van der Waals surface area contributed by atoms with Crippen molar-refractivity contribution in [1.82, 2.24) is 21.3 Å². The maximum absolute atomic E-state index is 13.3. The van der Waals surface area contributed by atoms with Gasteiger partial charge in [0.05, 0.1) is 12.5 Å². The molecule has 18 heteroatoms. The van der Waals surface area contributed by atoms with Gasteiger partial charge in [-0.1, -0.05) is 26.0 Å². The number of carbonyl (C=O) groups excluding carboxylic acids is 4. The van der Waals surface area contributed by atoms with Crippen LogP contribution in [0.4, 0.5) is 0 Å². The van der Waals surface area contributed by atoms with Crippen LogP contribution in [0.25, 0.3) is 0 Å². The number of phenolic OH excluding ortho intramolecular Hbond substituents is 1. The Morgan fingerprint density at radius 2 is 1.35 bits per heavy atom. The van der Waals surface area contributed by atoms with E-state index in [1.54, 1.807) is 13.8 Å². The third kappa shape index (κ3) is 15.5. The number of nitrogens with one attached hydrogen (secondary N) is 4. The number of aliphatic carboxylic acids is 2. The highest BCUT2D eigenvalue weighted by atomic mass is 16.4. The Hall–Kier alpha value is -4.97. The molecule has 1 rings (SSSR count). The topological polar surface area (TPSA) is 328 Å². The van der Waals surface area contributed by atoms with E-state index in [4.69, 9.17) is 22.9 Å². The van der Waals surface area contributed by atoms with Gasteiger partial charge in [-0.2, -0.15) is 0 Å². The van der Waals surface area contributed by atoms with Gasteiger partial charge in [0.25, 0.3) is 0 Å². The van der Waals surface area contributed by atoms with E-state index in [1.807, 2.05) is 0 Å². The molecule has 15 N–H and O–H groups in total. The number of aromatic hydroxyl groups is 1. The van der Waals surface area contributed by atoms with E-state index in [1.165, 1.54) is 24.3 Å². The lowest BCUT2D eigenvalue weighted by Gasteiger charge is -2.27. The fourth-order valence-electron chi connectivity index (χ4n) is 4.47. The fourth-order valence-corrected chi connectivity index (χ4v) is 4.47. The molecular weight excluding hydrogens is 630 g/mol. The number of guanidine groups is 1. The van der Waals surface area contributed by atoms with Crippen molar-refractivity contribution >= 4 is 41.5 Å². The van der Waals surface area contributed by atoms with E-state index in [0.29, 0.717) is 31.4 Å². The quantitative estimate of drug-likeness (QED) is 0.0346. The minimum Gasteiger partial charge on any atom is -0.508 e. The van der Waals surface area contributed by atoms with E-state index in [9.17, 15) is 44.1 Å². The summed E-state index contributed by atoms with van der Waals surface area (Å²) in [7, 11) is 0. The monoisotopic (exact) mass is 679 g/mol. The lowest BCUT2D eigenvalue weighted by Crippen LogP contribution is -2.59. The van der Waals surface area contributed by atoms with Gasteiger partial charge in [-0.3, -0.25) is 29.0 Å². The van der Waals surface area contributed by atoms with Crippen LogP contribution in [-0.4, -0.2) is 100 Å². The number of hydrogen-bond donors (Lipinski definition) is 11. The van der Waals surface area contributed by atoms with Gasteiger partial charge in [-0.15, -0.1) is 0 Å². The van der Waals surface area contributed by atoms with Crippen LogP contribution < -0.4 is 44.2 Å². The Morgan fingerprint density at radius 3 is 1.90 bits per heavy atom. The number of aliphatic imine (C=N–C) groups is 1. The third-order valence-electron chi connectivity index (χ3n) is 7.13. The molecule has 0 aliphatic rings. The first-order valence-electron chi connectivity index (χ1n) is 15.5. The second-order valence-electron chi connectivity index (χ2n) is 11.6. The number of hydrogen-bond acceptors (Lipinski definition) is 10. The molecule has 0 bridgehead atoms. The van der Waals surface area contributed by atoms with Crippen LogP contribution in [0, 0.1) is 5.92 Å². The van der Waals surface area contributed by atoms with Crippen LogP contribution >= 0.6 is 0 Å². The highest BCUT2D eigenvalue weighted by Crippen LogP contribution is 2.13. The standard InChI is InChI=1S/C30H49N9O9/c1-16(2)24(28(46)38-22(29(47)48)14-17-8-10-18(40)11-9-17)39-27(45)21(15-23(41)42)37-26(44)20(7-3-4-12-31)36-25(43)19(32)6-5-13-35-30(33)34/h8-11,16,19-22,24,40H,3-7,12-15,31-32H2,1-2H3,(H,36,43)(H,37,44)(H,38,46)(H,39,45)(H,41,42)(H,47,48)(H4,33,34,35)/t19-,20-,21-,22-,24?/m0/s1. The molecule has 4 amide bonds. The molecule has 0 saturated carbocycles. The Labute approximate surface area is 278 Å².